The SMILES string of the molecule is NCc1ccc2ccccc2c1-c1ccccc1. The predicted molar refractivity (Wildman–Crippen MR) is 77.3 cm³/mol. The molecule has 18 heavy (non-hydrogen) atoms. The van der Waals surface area contributed by atoms with Crippen LogP contribution in [-0.2, 0) is 6.54 Å². The summed E-state index contributed by atoms with van der Waals surface area (Å²) in [6, 6.07) is 23.2. The molecular weight excluding hydrogens is 218 g/mol. The molecule has 0 aromatic heterocycles. The van der Waals surface area contributed by atoms with Gasteiger partial charge in [0.15, 0.2) is 0 Å². The van der Waals surface area contributed by atoms with E-state index in [9.17, 15) is 0 Å². The van der Waals surface area contributed by atoms with Gasteiger partial charge in [-0.3, -0.25) is 0 Å². The van der Waals surface area contributed by atoms with Gasteiger partial charge in [0.25, 0.3) is 0 Å². The minimum Gasteiger partial charge on any atom is -0.326 e. The van der Waals surface area contributed by atoms with Crippen molar-refractivity contribution >= 4 is 10.8 Å². The van der Waals surface area contributed by atoms with Crippen LogP contribution in [0, 0.1) is 0 Å². The summed E-state index contributed by atoms with van der Waals surface area (Å²) in [4.78, 5) is 0. The zero-order valence-electron chi connectivity index (χ0n) is 10.1. The van der Waals surface area contributed by atoms with Gasteiger partial charge in [-0.05, 0) is 27.5 Å². The topological polar surface area (TPSA) is 26.0 Å². The number of rotatable bonds is 2. The Kier molecular flexibility index (Phi) is 2.83. The number of hydrogen-bond acceptors (Lipinski definition) is 1. The van der Waals surface area contributed by atoms with Crippen LogP contribution >= 0.6 is 0 Å². The highest BCUT2D eigenvalue weighted by Crippen LogP contribution is 2.31. The summed E-state index contributed by atoms with van der Waals surface area (Å²) in [5.74, 6) is 0. The molecule has 0 fully saturated rings. The molecule has 0 saturated carbocycles. The summed E-state index contributed by atoms with van der Waals surface area (Å²) >= 11 is 0. The molecule has 88 valence electrons. The van der Waals surface area contributed by atoms with Gasteiger partial charge >= 0.3 is 0 Å². The second kappa shape index (κ2) is 4.63. The minimum atomic E-state index is 0.565. The molecule has 0 radical (unpaired) electrons. The molecule has 0 aliphatic carbocycles. The van der Waals surface area contributed by atoms with E-state index in [0.29, 0.717) is 6.54 Å². The summed E-state index contributed by atoms with van der Waals surface area (Å²) in [5, 5.41) is 2.53. The average Bonchev–Trinajstić information content (AvgIpc) is 2.47. The summed E-state index contributed by atoms with van der Waals surface area (Å²) in [7, 11) is 0. The summed E-state index contributed by atoms with van der Waals surface area (Å²) < 4.78 is 0. The van der Waals surface area contributed by atoms with E-state index in [0.717, 1.165) is 0 Å². The quantitative estimate of drug-likeness (QED) is 0.712. The highest BCUT2D eigenvalue weighted by Gasteiger charge is 2.08. The van der Waals surface area contributed by atoms with Gasteiger partial charge in [0.1, 0.15) is 0 Å². The van der Waals surface area contributed by atoms with E-state index in [-0.39, 0.29) is 0 Å². The van der Waals surface area contributed by atoms with Crippen LogP contribution < -0.4 is 5.73 Å². The predicted octanol–water partition coefficient (Wildman–Crippen LogP) is 3.97. The largest absolute Gasteiger partial charge is 0.326 e. The molecule has 0 saturated heterocycles. The Bertz CT molecular complexity index is 672. The highest BCUT2D eigenvalue weighted by atomic mass is 14.5. The maximum Gasteiger partial charge on any atom is 0.0184 e. The highest BCUT2D eigenvalue weighted by molar-refractivity contribution is 5.98. The van der Waals surface area contributed by atoms with E-state index < -0.39 is 0 Å². The fraction of sp³-hybridized carbons (Fsp3) is 0.0588. The summed E-state index contributed by atoms with van der Waals surface area (Å²) in [6.07, 6.45) is 0. The van der Waals surface area contributed by atoms with Crippen LogP contribution in [0.25, 0.3) is 21.9 Å². The molecule has 0 unspecified atom stereocenters. The lowest BCUT2D eigenvalue weighted by Crippen LogP contribution is -1.99. The molecule has 3 aromatic rings. The van der Waals surface area contributed by atoms with Gasteiger partial charge in [-0.1, -0.05) is 66.7 Å². The van der Waals surface area contributed by atoms with Gasteiger partial charge in [-0.25, -0.2) is 0 Å². The third kappa shape index (κ3) is 1.79. The molecule has 2 N–H and O–H groups in total. The number of nitrogens with two attached hydrogens (primary N) is 1. The molecule has 0 aliphatic heterocycles. The first-order valence-electron chi connectivity index (χ1n) is 6.16. The van der Waals surface area contributed by atoms with E-state index in [1.165, 1.54) is 27.5 Å². The van der Waals surface area contributed by atoms with Crippen molar-refractivity contribution in [2.75, 3.05) is 0 Å². The first-order chi connectivity index (χ1) is 8.90. The number of fused-ring (bicyclic) bond motifs is 1. The zero-order chi connectivity index (χ0) is 12.4. The second-order valence-electron chi connectivity index (χ2n) is 4.39. The van der Waals surface area contributed by atoms with Crippen LogP contribution in [0.5, 0.6) is 0 Å². The van der Waals surface area contributed by atoms with Gasteiger partial charge in [-0.2, -0.15) is 0 Å². The Hall–Kier alpha value is -2.12. The molecular formula is C17H15N. The summed E-state index contributed by atoms with van der Waals surface area (Å²) in [6.45, 7) is 0.565. The van der Waals surface area contributed by atoms with Crippen molar-refractivity contribution in [3.05, 3.63) is 72.3 Å². The van der Waals surface area contributed by atoms with Crippen LogP contribution in [0.3, 0.4) is 0 Å². The van der Waals surface area contributed by atoms with Crippen LogP contribution in [0.2, 0.25) is 0 Å². The van der Waals surface area contributed by atoms with Crippen LogP contribution in [-0.4, -0.2) is 0 Å². The number of benzene rings is 3. The van der Waals surface area contributed by atoms with Crippen molar-refractivity contribution in [1.82, 2.24) is 0 Å². The van der Waals surface area contributed by atoms with E-state index >= 15 is 0 Å². The van der Waals surface area contributed by atoms with Crippen molar-refractivity contribution in [2.24, 2.45) is 5.73 Å². The second-order valence-corrected chi connectivity index (χ2v) is 4.39. The lowest BCUT2D eigenvalue weighted by Gasteiger charge is -2.12. The smallest absolute Gasteiger partial charge is 0.0184 e. The molecule has 1 nitrogen and oxygen atoms in total. The van der Waals surface area contributed by atoms with Crippen molar-refractivity contribution in [2.45, 2.75) is 6.54 Å². The van der Waals surface area contributed by atoms with Gasteiger partial charge in [0.2, 0.25) is 0 Å². The molecule has 1 heteroatoms. The van der Waals surface area contributed by atoms with E-state index in [1.54, 1.807) is 0 Å². The molecule has 0 heterocycles. The Morgan fingerprint density at radius 2 is 1.44 bits per heavy atom. The van der Waals surface area contributed by atoms with E-state index in [4.69, 9.17) is 5.73 Å². The van der Waals surface area contributed by atoms with Crippen molar-refractivity contribution < 1.29 is 0 Å². The Morgan fingerprint density at radius 1 is 0.722 bits per heavy atom. The Balaban J connectivity index is 2.38. The number of hydrogen-bond donors (Lipinski definition) is 1. The van der Waals surface area contributed by atoms with Gasteiger partial charge in [0, 0.05) is 6.54 Å². The minimum absolute atomic E-state index is 0.565. The molecule has 0 atom stereocenters. The molecule has 3 rings (SSSR count). The van der Waals surface area contributed by atoms with Crippen LogP contribution in [0.1, 0.15) is 5.56 Å². The Morgan fingerprint density at radius 3 is 2.22 bits per heavy atom. The van der Waals surface area contributed by atoms with Gasteiger partial charge in [-0.15, -0.1) is 0 Å². The molecule has 3 aromatic carbocycles. The lowest BCUT2D eigenvalue weighted by atomic mass is 9.93. The van der Waals surface area contributed by atoms with Gasteiger partial charge < -0.3 is 5.73 Å². The molecule has 0 amide bonds. The molecule has 0 aliphatic rings. The first kappa shape index (κ1) is 11.0. The van der Waals surface area contributed by atoms with E-state index in [1.807, 2.05) is 6.07 Å². The van der Waals surface area contributed by atoms with Crippen molar-refractivity contribution in [3.63, 3.8) is 0 Å². The van der Waals surface area contributed by atoms with Crippen molar-refractivity contribution in [3.8, 4) is 11.1 Å². The van der Waals surface area contributed by atoms with E-state index in [2.05, 4.69) is 60.7 Å². The van der Waals surface area contributed by atoms with Crippen molar-refractivity contribution in [1.29, 1.82) is 0 Å². The first-order valence-corrected chi connectivity index (χ1v) is 6.16. The fourth-order valence-electron chi connectivity index (χ4n) is 2.43. The van der Waals surface area contributed by atoms with Crippen LogP contribution in [0.4, 0.5) is 0 Å². The Labute approximate surface area is 107 Å². The molecule has 0 spiro atoms. The fourth-order valence-corrected chi connectivity index (χ4v) is 2.43. The average molecular weight is 233 g/mol. The molecule has 0 bridgehead atoms. The normalized spacial score (nSPS) is 10.7. The maximum absolute atomic E-state index is 5.88. The van der Waals surface area contributed by atoms with Gasteiger partial charge in [0.05, 0.1) is 0 Å². The zero-order valence-corrected chi connectivity index (χ0v) is 10.1. The third-order valence-electron chi connectivity index (χ3n) is 3.30. The third-order valence-corrected chi connectivity index (χ3v) is 3.30. The lowest BCUT2D eigenvalue weighted by molar-refractivity contribution is 1.08. The standard InChI is InChI=1S/C17H15N/c18-12-15-11-10-13-6-4-5-9-16(13)17(15)14-7-2-1-3-8-14/h1-11H,12,18H2. The monoisotopic (exact) mass is 233 g/mol. The summed E-state index contributed by atoms with van der Waals surface area (Å²) in [5.41, 5.74) is 9.56. The van der Waals surface area contributed by atoms with Crippen LogP contribution in [0.15, 0.2) is 66.7 Å². The maximum atomic E-state index is 5.88.